The number of carboxylic acid groups (broad SMARTS) is 1. The van der Waals surface area contributed by atoms with E-state index in [1.807, 2.05) is 45.0 Å². The van der Waals surface area contributed by atoms with Crippen LogP contribution in [0, 0.1) is 17.8 Å². The summed E-state index contributed by atoms with van der Waals surface area (Å²) >= 11 is 11.5. The highest BCUT2D eigenvalue weighted by Crippen LogP contribution is 2.23. The lowest BCUT2D eigenvalue weighted by molar-refractivity contribution is -0.141. The van der Waals surface area contributed by atoms with Crippen LogP contribution in [0.5, 0.6) is 0 Å². The van der Waals surface area contributed by atoms with E-state index in [0.29, 0.717) is 22.9 Å². The Bertz CT molecular complexity index is 976. The van der Waals surface area contributed by atoms with Gasteiger partial charge in [0.2, 0.25) is 5.91 Å². The summed E-state index contributed by atoms with van der Waals surface area (Å²) < 4.78 is 5.03. The first kappa shape index (κ1) is 27.7. The van der Waals surface area contributed by atoms with E-state index in [2.05, 4.69) is 0 Å². The zero-order valence-electron chi connectivity index (χ0n) is 19.8. The van der Waals surface area contributed by atoms with Crippen LogP contribution in [0.3, 0.4) is 0 Å². The molecule has 1 N–H and O–H groups in total. The van der Waals surface area contributed by atoms with Crippen LogP contribution in [-0.2, 0) is 27.2 Å². The second kappa shape index (κ2) is 12.8. The van der Waals surface area contributed by atoms with E-state index in [1.54, 1.807) is 31.2 Å². The van der Waals surface area contributed by atoms with Crippen LogP contribution in [0.25, 0.3) is 0 Å². The first-order valence-electron chi connectivity index (χ1n) is 11.2. The van der Waals surface area contributed by atoms with Crippen LogP contribution in [0.4, 0.5) is 4.79 Å². The van der Waals surface area contributed by atoms with Gasteiger partial charge in [-0.3, -0.25) is 9.59 Å². The van der Waals surface area contributed by atoms with Gasteiger partial charge in [-0.2, -0.15) is 0 Å². The molecule has 1 saturated heterocycles. The molecular weight excluding hydrogens is 477 g/mol. The predicted molar refractivity (Wildman–Crippen MR) is 133 cm³/mol. The van der Waals surface area contributed by atoms with Crippen molar-refractivity contribution in [2.45, 2.75) is 46.6 Å². The normalized spacial score (nSPS) is 17.0. The van der Waals surface area contributed by atoms with Gasteiger partial charge in [0.05, 0.1) is 12.0 Å². The van der Waals surface area contributed by atoms with E-state index in [9.17, 15) is 14.4 Å². The quantitative estimate of drug-likeness (QED) is 0.487. The summed E-state index contributed by atoms with van der Waals surface area (Å²) in [5.41, 5.74) is 2.02. The molecule has 3 atom stereocenters. The first-order valence-corrected chi connectivity index (χ1v) is 12.0. The fourth-order valence-corrected chi connectivity index (χ4v) is 3.79. The van der Waals surface area contributed by atoms with E-state index in [1.165, 1.54) is 4.90 Å². The van der Waals surface area contributed by atoms with Gasteiger partial charge in [-0.15, -0.1) is 0 Å². The monoisotopic (exact) mass is 507 g/mol. The molecule has 1 aliphatic rings. The van der Waals surface area contributed by atoms with Crippen molar-refractivity contribution >= 4 is 41.2 Å². The average molecular weight is 508 g/mol. The topological polar surface area (TPSA) is 83.9 Å². The SMILES string of the molecule is CC(C)[C@H]1COC(=O)N1C(=O)[C@@H](C)Cc1ccc(Cl)cc1.C[C@@H](Cc1ccc(Cl)cc1)C(=O)O. The maximum absolute atomic E-state index is 12.5. The molecule has 2 aromatic carbocycles. The minimum Gasteiger partial charge on any atom is -0.481 e. The molecule has 0 bridgehead atoms. The minimum absolute atomic E-state index is 0.169. The lowest BCUT2D eigenvalue weighted by atomic mass is 9.97. The maximum Gasteiger partial charge on any atom is 0.416 e. The molecule has 1 aliphatic heterocycles. The Morgan fingerprint density at radius 3 is 1.76 bits per heavy atom. The van der Waals surface area contributed by atoms with Gasteiger partial charge in [-0.25, -0.2) is 9.69 Å². The number of imide groups is 1. The summed E-state index contributed by atoms with van der Waals surface area (Å²) in [5.74, 6) is -1.39. The zero-order chi connectivity index (χ0) is 25.4. The van der Waals surface area contributed by atoms with Gasteiger partial charge in [0.1, 0.15) is 6.61 Å². The maximum atomic E-state index is 12.5. The van der Waals surface area contributed by atoms with Crippen LogP contribution >= 0.6 is 23.2 Å². The Balaban J connectivity index is 0.000000270. The number of cyclic esters (lactones) is 1. The van der Waals surface area contributed by atoms with E-state index < -0.39 is 12.1 Å². The lowest BCUT2D eigenvalue weighted by Gasteiger charge is -2.25. The summed E-state index contributed by atoms with van der Waals surface area (Å²) in [5, 5.41) is 10.0. The number of amides is 2. The van der Waals surface area contributed by atoms with Crippen molar-refractivity contribution in [2.24, 2.45) is 17.8 Å². The standard InChI is InChI=1S/C16H20ClNO3.C10H11ClO2/c1-10(2)14-9-21-16(20)18(14)15(19)11(3)8-12-4-6-13(17)7-5-12;1-7(10(12)13)6-8-2-4-9(11)5-3-8/h4-7,10-11,14H,8-9H2,1-3H3;2-5,7H,6H2,1H3,(H,12,13)/t11-,14+;7-/m00/s1. The Hall–Kier alpha value is -2.57. The summed E-state index contributed by atoms with van der Waals surface area (Å²) in [4.78, 5) is 36.2. The largest absolute Gasteiger partial charge is 0.481 e. The number of nitrogens with zero attached hydrogens (tertiary/aromatic N) is 1. The molecule has 34 heavy (non-hydrogen) atoms. The van der Waals surface area contributed by atoms with Gasteiger partial charge in [0, 0.05) is 16.0 Å². The van der Waals surface area contributed by atoms with Crippen LogP contribution in [-0.4, -0.2) is 40.6 Å². The molecule has 0 unspecified atom stereocenters. The number of carbonyl (C=O) groups is 3. The molecule has 6 nitrogen and oxygen atoms in total. The first-order chi connectivity index (χ1) is 16.0. The highest BCUT2D eigenvalue weighted by atomic mass is 35.5. The fourth-order valence-electron chi connectivity index (χ4n) is 3.54. The van der Waals surface area contributed by atoms with Crippen LogP contribution in [0.2, 0.25) is 10.0 Å². The molecule has 0 radical (unpaired) electrons. The van der Waals surface area contributed by atoms with Crippen molar-refractivity contribution in [3.63, 3.8) is 0 Å². The number of hydrogen-bond donors (Lipinski definition) is 1. The number of carbonyl (C=O) groups excluding carboxylic acids is 2. The Morgan fingerprint density at radius 2 is 1.35 bits per heavy atom. The van der Waals surface area contributed by atoms with Crippen molar-refractivity contribution in [2.75, 3.05) is 6.61 Å². The molecular formula is C26H31Cl2NO5. The van der Waals surface area contributed by atoms with Gasteiger partial charge >= 0.3 is 12.1 Å². The number of ether oxygens (including phenoxy) is 1. The van der Waals surface area contributed by atoms with Crippen molar-refractivity contribution in [3.05, 3.63) is 69.7 Å². The highest BCUT2D eigenvalue weighted by molar-refractivity contribution is 6.30. The summed E-state index contributed by atoms with van der Waals surface area (Å²) in [6.45, 7) is 7.78. The minimum atomic E-state index is -0.769. The molecule has 2 aromatic rings. The van der Waals surface area contributed by atoms with Crippen LogP contribution in [0.1, 0.15) is 38.8 Å². The van der Waals surface area contributed by atoms with E-state index >= 15 is 0 Å². The fraction of sp³-hybridized carbons (Fsp3) is 0.423. The molecule has 0 spiro atoms. The van der Waals surface area contributed by atoms with Gasteiger partial charge in [-0.1, -0.05) is 75.2 Å². The van der Waals surface area contributed by atoms with Gasteiger partial charge in [0.15, 0.2) is 0 Å². The van der Waals surface area contributed by atoms with Gasteiger partial charge in [0.25, 0.3) is 0 Å². The second-order valence-corrected chi connectivity index (χ2v) is 9.77. The molecule has 1 heterocycles. The smallest absolute Gasteiger partial charge is 0.416 e. The number of rotatable bonds is 7. The van der Waals surface area contributed by atoms with Crippen molar-refractivity contribution in [3.8, 4) is 0 Å². The Labute approximate surface area is 210 Å². The third-order valence-electron chi connectivity index (χ3n) is 5.67. The number of hydrogen-bond acceptors (Lipinski definition) is 4. The average Bonchev–Trinajstić information content (AvgIpc) is 3.18. The molecule has 0 saturated carbocycles. The van der Waals surface area contributed by atoms with Crippen LogP contribution < -0.4 is 0 Å². The lowest BCUT2D eigenvalue weighted by Crippen LogP contribution is -2.44. The molecule has 3 rings (SSSR count). The van der Waals surface area contributed by atoms with Crippen molar-refractivity contribution in [1.29, 1.82) is 0 Å². The van der Waals surface area contributed by atoms with E-state index in [4.69, 9.17) is 33.0 Å². The molecule has 184 valence electrons. The third-order valence-corrected chi connectivity index (χ3v) is 6.17. The third kappa shape index (κ3) is 8.03. The van der Waals surface area contributed by atoms with Crippen molar-refractivity contribution < 1.29 is 24.2 Å². The molecule has 8 heteroatoms. The summed E-state index contributed by atoms with van der Waals surface area (Å²) in [6.07, 6.45) is 0.596. The van der Waals surface area contributed by atoms with Gasteiger partial charge < -0.3 is 9.84 Å². The number of carboxylic acids is 1. The highest BCUT2D eigenvalue weighted by Gasteiger charge is 2.40. The molecule has 0 aromatic heterocycles. The van der Waals surface area contributed by atoms with Crippen molar-refractivity contribution in [1.82, 2.24) is 4.90 Å². The number of halogens is 2. The molecule has 2 amide bonds. The number of aliphatic carboxylic acids is 1. The van der Waals surface area contributed by atoms with Gasteiger partial charge in [-0.05, 0) is 54.2 Å². The van der Waals surface area contributed by atoms with E-state index in [-0.39, 0.29) is 36.3 Å². The number of benzene rings is 2. The summed E-state index contributed by atoms with van der Waals surface area (Å²) in [7, 11) is 0. The molecule has 0 aliphatic carbocycles. The summed E-state index contributed by atoms with van der Waals surface area (Å²) in [6, 6.07) is 14.5. The zero-order valence-corrected chi connectivity index (χ0v) is 21.3. The van der Waals surface area contributed by atoms with Crippen LogP contribution in [0.15, 0.2) is 48.5 Å². The van der Waals surface area contributed by atoms with E-state index in [0.717, 1.165) is 11.1 Å². The Morgan fingerprint density at radius 1 is 0.912 bits per heavy atom. The second-order valence-electron chi connectivity index (χ2n) is 8.90. The Kier molecular flexibility index (Phi) is 10.4. The molecule has 1 fully saturated rings. The predicted octanol–water partition coefficient (Wildman–Crippen LogP) is 6.13.